The minimum absolute atomic E-state index is 0.0631. The first-order chi connectivity index (χ1) is 20.1. The molecule has 2 aromatic rings. The van der Waals surface area contributed by atoms with E-state index in [1.165, 1.54) is 23.1 Å². The number of benzene rings is 2. The van der Waals surface area contributed by atoms with Crippen molar-refractivity contribution in [1.82, 2.24) is 15.1 Å². The zero-order valence-electron chi connectivity index (χ0n) is 23.2. The fraction of sp³-hybridized carbons (Fsp3) is 0.367. The molecule has 2 heterocycles. The van der Waals surface area contributed by atoms with Crippen LogP contribution in [0.3, 0.4) is 0 Å². The Balaban J connectivity index is 1.46. The van der Waals surface area contributed by atoms with Crippen LogP contribution in [0.1, 0.15) is 43.2 Å². The van der Waals surface area contributed by atoms with Crippen LogP contribution in [0.25, 0.3) is 0 Å². The van der Waals surface area contributed by atoms with Crippen LogP contribution in [0.5, 0.6) is 0 Å². The van der Waals surface area contributed by atoms with Crippen LogP contribution < -0.4 is 10.2 Å². The number of urea groups is 1. The topological polar surface area (TPSA) is 123 Å². The van der Waals surface area contributed by atoms with E-state index in [-0.39, 0.29) is 47.9 Å². The van der Waals surface area contributed by atoms with Gasteiger partial charge in [0.05, 0.1) is 36.0 Å². The Morgan fingerprint density at radius 1 is 1.12 bits per heavy atom. The zero-order chi connectivity index (χ0) is 30.2. The van der Waals surface area contributed by atoms with Gasteiger partial charge in [0.2, 0.25) is 5.91 Å². The van der Waals surface area contributed by atoms with Gasteiger partial charge in [-0.25, -0.2) is 14.5 Å². The van der Waals surface area contributed by atoms with Gasteiger partial charge >= 0.3 is 12.0 Å². The number of carbonyl (C=O) groups is 4. The van der Waals surface area contributed by atoms with E-state index in [2.05, 4.69) is 11.4 Å². The summed E-state index contributed by atoms with van der Waals surface area (Å²) in [5.41, 5.74) is 1.15. The molecule has 2 unspecified atom stereocenters. The van der Waals surface area contributed by atoms with Crippen LogP contribution in [0.15, 0.2) is 53.7 Å². The van der Waals surface area contributed by atoms with Crippen molar-refractivity contribution in [1.29, 1.82) is 5.26 Å². The van der Waals surface area contributed by atoms with Crippen molar-refractivity contribution in [2.75, 3.05) is 38.2 Å². The lowest BCUT2D eigenvalue weighted by Gasteiger charge is -2.34. The predicted octanol–water partition coefficient (Wildman–Crippen LogP) is 4.22. The van der Waals surface area contributed by atoms with E-state index in [1.807, 2.05) is 4.90 Å². The maximum atomic E-state index is 14.3. The Morgan fingerprint density at radius 2 is 1.81 bits per heavy atom. The molecule has 0 bridgehead atoms. The van der Waals surface area contributed by atoms with Crippen molar-refractivity contribution < 1.29 is 23.9 Å². The fourth-order valence-electron chi connectivity index (χ4n) is 6.15. The molecule has 42 heavy (non-hydrogen) atoms. The van der Waals surface area contributed by atoms with Crippen LogP contribution in [0, 0.1) is 11.3 Å². The second-order valence-electron chi connectivity index (χ2n) is 10.6. The second kappa shape index (κ2) is 11.8. The molecular formula is C30H29Cl2N5O5. The number of nitrogens with zero attached hydrogens (tertiary/aromatic N) is 4. The number of imide groups is 1. The molecule has 218 valence electrons. The van der Waals surface area contributed by atoms with Gasteiger partial charge in [0.15, 0.2) is 0 Å². The molecule has 10 nitrogen and oxygen atoms in total. The number of likely N-dealkylation sites (N-methyl/N-ethyl adjacent to an activating group) is 1. The molecule has 0 saturated carbocycles. The van der Waals surface area contributed by atoms with Crippen LogP contribution in [0.2, 0.25) is 10.0 Å². The number of rotatable bonds is 7. The van der Waals surface area contributed by atoms with Crippen molar-refractivity contribution >= 4 is 52.7 Å². The van der Waals surface area contributed by atoms with Crippen LogP contribution >= 0.6 is 23.2 Å². The standard InChI is InChI=1S/C30H29Cl2N5O5/c1-3-42-27(39)23-5-4-6-25(23)34-26(38)16-36-15-24(19-9-7-18(14-33)8-10-19)30(17-36)28(40)37(29(41)35(30)2)22-12-20(31)11-21(32)13-22/h7-13,24H,3-6,15-17H2,1-2H3,(H,34,38). The van der Waals surface area contributed by atoms with E-state index >= 15 is 0 Å². The molecule has 3 aliphatic rings. The van der Waals surface area contributed by atoms with Gasteiger partial charge in [-0.1, -0.05) is 35.3 Å². The van der Waals surface area contributed by atoms with Crippen LogP contribution in [-0.4, -0.2) is 72.4 Å². The maximum absolute atomic E-state index is 14.3. The van der Waals surface area contributed by atoms with Gasteiger partial charge in [-0.15, -0.1) is 0 Å². The Hall–Kier alpha value is -3.91. The number of hydrogen-bond donors (Lipinski definition) is 1. The first-order valence-corrected chi connectivity index (χ1v) is 14.3. The SMILES string of the molecule is CCOC(=O)C1=C(NC(=O)CN2CC(c3ccc(C#N)cc3)C3(C2)C(=O)N(c2cc(Cl)cc(Cl)c2)C(=O)N3C)CCC1. The number of amides is 4. The third-order valence-electron chi connectivity index (χ3n) is 8.08. The van der Waals surface area contributed by atoms with Gasteiger partial charge in [-0.2, -0.15) is 5.26 Å². The summed E-state index contributed by atoms with van der Waals surface area (Å²) >= 11 is 12.4. The van der Waals surface area contributed by atoms with E-state index in [0.29, 0.717) is 29.7 Å². The molecular weight excluding hydrogens is 581 g/mol. The van der Waals surface area contributed by atoms with E-state index in [9.17, 15) is 24.4 Å². The lowest BCUT2D eigenvalue weighted by Crippen LogP contribution is -2.54. The summed E-state index contributed by atoms with van der Waals surface area (Å²) in [7, 11) is 1.57. The lowest BCUT2D eigenvalue weighted by molar-refractivity contribution is -0.138. The molecule has 4 amide bonds. The largest absolute Gasteiger partial charge is 0.463 e. The van der Waals surface area contributed by atoms with Crippen LogP contribution in [-0.2, 0) is 19.1 Å². The molecule has 2 aromatic carbocycles. The van der Waals surface area contributed by atoms with Crippen molar-refractivity contribution in [3.05, 3.63) is 74.9 Å². The molecule has 1 spiro atoms. The number of nitriles is 1. The molecule has 2 aliphatic heterocycles. The van der Waals surface area contributed by atoms with Crippen molar-refractivity contribution in [3.63, 3.8) is 0 Å². The Kier molecular flexibility index (Phi) is 8.28. The highest BCUT2D eigenvalue weighted by Crippen LogP contribution is 2.46. The highest BCUT2D eigenvalue weighted by molar-refractivity contribution is 6.35. The summed E-state index contributed by atoms with van der Waals surface area (Å²) in [6.45, 7) is 2.28. The van der Waals surface area contributed by atoms with E-state index in [1.54, 1.807) is 38.2 Å². The molecule has 12 heteroatoms. The van der Waals surface area contributed by atoms with Crippen molar-refractivity contribution in [2.24, 2.45) is 0 Å². The average molecular weight is 610 g/mol. The summed E-state index contributed by atoms with van der Waals surface area (Å²) in [6, 6.07) is 12.9. The number of halogens is 2. The minimum Gasteiger partial charge on any atom is -0.463 e. The predicted molar refractivity (Wildman–Crippen MR) is 156 cm³/mol. The normalized spacial score (nSPS) is 22.3. The van der Waals surface area contributed by atoms with E-state index in [0.717, 1.165) is 16.9 Å². The molecule has 0 aromatic heterocycles. The summed E-state index contributed by atoms with van der Waals surface area (Å²) < 4.78 is 5.13. The zero-order valence-corrected chi connectivity index (χ0v) is 24.7. The number of nitrogens with one attached hydrogen (secondary N) is 1. The van der Waals surface area contributed by atoms with Gasteiger partial charge in [0, 0.05) is 41.8 Å². The minimum atomic E-state index is -1.34. The molecule has 2 fully saturated rings. The third-order valence-corrected chi connectivity index (χ3v) is 8.51. The number of esters is 1. The lowest BCUT2D eigenvalue weighted by atomic mass is 9.80. The first kappa shape index (κ1) is 29.6. The monoisotopic (exact) mass is 609 g/mol. The van der Waals surface area contributed by atoms with Crippen molar-refractivity contribution in [3.8, 4) is 6.07 Å². The summed E-state index contributed by atoms with van der Waals surface area (Å²) in [4.78, 5) is 57.8. The maximum Gasteiger partial charge on any atom is 0.335 e. The van der Waals surface area contributed by atoms with Crippen molar-refractivity contribution in [2.45, 2.75) is 37.6 Å². The van der Waals surface area contributed by atoms with Gasteiger partial charge in [-0.3, -0.25) is 14.5 Å². The van der Waals surface area contributed by atoms with Gasteiger partial charge < -0.3 is 15.0 Å². The van der Waals surface area contributed by atoms with Crippen LogP contribution in [0.4, 0.5) is 10.5 Å². The Morgan fingerprint density at radius 3 is 2.45 bits per heavy atom. The van der Waals surface area contributed by atoms with Gasteiger partial charge in [0.25, 0.3) is 5.91 Å². The molecule has 2 saturated heterocycles. The molecule has 5 rings (SSSR count). The second-order valence-corrected chi connectivity index (χ2v) is 11.4. The van der Waals surface area contributed by atoms with Gasteiger partial charge in [-0.05, 0) is 62.1 Å². The molecule has 1 N–H and O–H groups in total. The molecule has 2 atom stereocenters. The Labute approximate surface area is 253 Å². The molecule has 1 aliphatic carbocycles. The number of carbonyl (C=O) groups excluding carboxylic acids is 4. The Bertz CT molecular complexity index is 1520. The molecule has 0 radical (unpaired) electrons. The number of likely N-dealkylation sites (tertiary alicyclic amines) is 1. The summed E-state index contributed by atoms with van der Waals surface area (Å²) in [6.07, 6.45) is 1.83. The average Bonchev–Trinajstić information content (AvgIpc) is 3.61. The number of ether oxygens (including phenoxy) is 1. The summed E-state index contributed by atoms with van der Waals surface area (Å²) in [5, 5.41) is 12.7. The van der Waals surface area contributed by atoms with E-state index in [4.69, 9.17) is 27.9 Å². The van der Waals surface area contributed by atoms with Gasteiger partial charge in [0.1, 0.15) is 5.54 Å². The quantitative estimate of drug-likeness (QED) is 0.368. The smallest absolute Gasteiger partial charge is 0.335 e. The number of allylic oxidation sites excluding steroid dienone is 1. The third kappa shape index (κ3) is 5.24. The number of anilines is 1. The number of hydrogen-bond acceptors (Lipinski definition) is 7. The first-order valence-electron chi connectivity index (χ1n) is 13.6. The highest BCUT2D eigenvalue weighted by atomic mass is 35.5. The fourth-order valence-corrected chi connectivity index (χ4v) is 6.66. The highest BCUT2D eigenvalue weighted by Gasteiger charge is 2.64. The summed E-state index contributed by atoms with van der Waals surface area (Å²) in [5.74, 6) is -1.74. The van der Waals surface area contributed by atoms with E-state index < -0.39 is 29.4 Å².